The molecule has 0 aromatic carbocycles. The van der Waals surface area contributed by atoms with E-state index in [1.165, 1.54) is 0 Å². The maximum absolute atomic E-state index is 11.4. The van der Waals surface area contributed by atoms with E-state index in [1.54, 1.807) is 0 Å². The van der Waals surface area contributed by atoms with Gasteiger partial charge in [-0.05, 0) is 0 Å². The number of halogens is 5. The highest BCUT2D eigenvalue weighted by Crippen LogP contribution is 2.34. The van der Waals surface area contributed by atoms with Gasteiger partial charge in [-0.2, -0.15) is 13.2 Å². The topological polar surface area (TPSA) is 40.5 Å². The fraction of sp³-hybridized carbons (Fsp3) is 1.00. The Morgan fingerprint density at radius 3 is 1.40 bits per heavy atom. The molecule has 0 bridgehead atoms. The summed E-state index contributed by atoms with van der Waals surface area (Å²) in [6.45, 7) is 0. The summed E-state index contributed by atoms with van der Waals surface area (Å²) in [5.41, 5.74) is 0. The molecule has 0 fully saturated rings. The molecule has 62 valence electrons. The van der Waals surface area contributed by atoms with Gasteiger partial charge in [-0.1, -0.05) is 23.2 Å². The summed E-state index contributed by atoms with van der Waals surface area (Å²) in [4.78, 5) is -2.31. The molecule has 0 aromatic heterocycles. The van der Waals surface area contributed by atoms with Crippen LogP contribution < -0.4 is 0 Å². The van der Waals surface area contributed by atoms with Crippen LogP contribution in [0.3, 0.4) is 0 Å². The van der Waals surface area contributed by atoms with Crippen molar-refractivity contribution < 1.29 is 23.4 Å². The molecular weight excluding hydrogens is 196 g/mol. The summed E-state index contributed by atoms with van der Waals surface area (Å²) in [5.74, 6) is -4.03. The summed E-state index contributed by atoms with van der Waals surface area (Å²) >= 11 is 9.20. The molecule has 0 aliphatic rings. The zero-order chi connectivity index (χ0) is 8.58. The molecule has 0 rings (SSSR count). The molecule has 2 nitrogen and oxygen atoms in total. The van der Waals surface area contributed by atoms with Gasteiger partial charge in [-0.15, -0.1) is 0 Å². The van der Waals surface area contributed by atoms with E-state index in [-0.39, 0.29) is 0 Å². The summed E-state index contributed by atoms with van der Waals surface area (Å²) in [5, 5.41) is 16.2. The highest BCUT2D eigenvalue weighted by Gasteiger charge is 2.57. The van der Waals surface area contributed by atoms with Crippen LogP contribution >= 0.6 is 23.2 Å². The van der Waals surface area contributed by atoms with Gasteiger partial charge in [0.1, 0.15) is 0 Å². The van der Waals surface area contributed by atoms with Crippen molar-refractivity contribution in [2.45, 2.75) is 16.8 Å². The summed E-state index contributed by atoms with van der Waals surface area (Å²) in [6, 6.07) is 0. The van der Waals surface area contributed by atoms with Gasteiger partial charge >= 0.3 is 6.18 Å². The first-order chi connectivity index (χ1) is 4.19. The first kappa shape index (κ1) is 10.3. The number of hydrogen-bond acceptors (Lipinski definition) is 2. The Balaban J connectivity index is 4.40. The minimum absolute atomic E-state index is 2.31. The Hall–Kier alpha value is 0.290. The van der Waals surface area contributed by atoms with Crippen molar-refractivity contribution in [1.82, 2.24) is 0 Å². The predicted molar refractivity (Wildman–Crippen MR) is 28.7 cm³/mol. The van der Waals surface area contributed by atoms with Gasteiger partial charge in [0.25, 0.3) is 5.79 Å². The van der Waals surface area contributed by atoms with Crippen LogP contribution in [0.2, 0.25) is 0 Å². The van der Waals surface area contributed by atoms with Crippen molar-refractivity contribution >= 4 is 23.2 Å². The minimum Gasteiger partial charge on any atom is -0.357 e. The third kappa shape index (κ3) is 1.88. The van der Waals surface area contributed by atoms with Gasteiger partial charge in [0.2, 0.25) is 0 Å². The zero-order valence-electron chi connectivity index (χ0n) is 4.36. The lowest BCUT2D eigenvalue weighted by atomic mass is 10.3. The maximum atomic E-state index is 11.4. The lowest BCUT2D eigenvalue weighted by Crippen LogP contribution is -2.50. The maximum Gasteiger partial charge on any atom is 0.445 e. The van der Waals surface area contributed by atoms with Crippen LogP contribution in [0.4, 0.5) is 13.2 Å². The average Bonchev–Trinajstić information content (AvgIpc) is 1.62. The summed E-state index contributed by atoms with van der Waals surface area (Å²) in [7, 11) is 0. The van der Waals surface area contributed by atoms with Crippen molar-refractivity contribution in [3.63, 3.8) is 0 Å². The number of alkyl halides is 5. The van der Waals surface area contributed by atoms with E-state index >= 15 is 0 Å². The van der Waals surface area contributed by atoms with Gasteiger partial charge in [0.15, 0.2) is 4.84 Å². The molecule has 0 aliphatic heterocycles. The Morgan fingerprint density at radius 1 is 1.10 bits per heavy atom. The molecule has 7 heteroatoms. The highest BCUT2D eigenvalue weighted by molar-refractivity contribution is 6.45. The second-order valence-electron chi connectivity index (χ2n) is 1.52. The smallest absolute Gasteiger partial charge is 0.357 e. The molecule has 0 saturated heterocycles. The van der Waals surface area contributed by atoms with E-state index in [0.717, 1.165) is 0 Å². The van der Waals surface area contributed by atoms with Crippen LogP contribution in [0.25, 0.3) is 0 Å². The van der Waals surface area contributed by atoms with Crippen LogP contribution in [0.1, 0.15) is 0 Å². The lowest BCUT2D eigenvalue weighted by Gasteiger charge is -2.24. The van der Waals surface area contributed by atoms with Gasteiger partial charge in [-0.25, -0.2) is 0 Å². The molecular formula is C3H3Cl2F3O2. The molecule has 0 unspecified atom stereocenters. The van der Waals surface area contributed by atoms with E-state index in [2.05, 4.69) is 23.2 Å². The molecule has 10 heavy (non-hydrogen) atoms. The molecule has 0 heterocycles. The van der Waals surface area contributed by atoms with Crippen molar-refractivity contribution in [1.29, 1.82) is 0 Å². The third-order valence-corrected chi connectivity index (χ3v) is 1.33. The van der Waals surface area contributed by atoms with Crippen LogP contribution in [0.5, 0.6) is 0 Å². The number of hydrogen-bond donors (Lipinski definition) is 2. The summed E-state index contributed by atoms with van der Waals surface area (Å²) in [6.07, 6.45) is -5.23. The monoisotopic (exact) mass is 198 g/mol. The first-order valence-corrected chi connectivity index (χ1v) is 2.86. The number of rotatable bonds is 1. The van der Waals surface area contributed by atoms with Gasteiger partial charge < -0.3 is 10.2 Å². The Bertz CT molecular complexity index is 121. The molecule has 0 spiro atoms. The van der Waals surface area contributed by atoms with E-state index in [0.29, 0.717) is 0 Å². The molecule has 0 radical (unpaired) electrons. The first-order valence-electron chi connectivity index (χ1n) is 1.99. The van der Waals surface area contributed by atoms with Crippen LogP contribution in [0, 0.1) is 0 Å². The van der Waals surface area contributed by atoms with Crippen LogP contribution in [-0.4, -0.2) is 27.0 Å². The predicted octanol–water partition coefficient (Wildman–Crippen LogP) is 1.03. The normalized spacial score (nSPS) is 14.4. The zero-order valence-corrected chi connectivity index (χ0v) is 5.87. The lowest BCUT2D eigenvalue weighted by molar-refractivity contribution is -0.341. The second-order valence-corrected chi connectivity index (χ2v) is 2.62. The molecule has 0 aliphatic carbocycles. The third-order valence-electron chi connectivity index (χ3n) is 0.721. The fourth-order valence-electron chi connectivity index (χ4n) is 0.124. The molecule has 2 N–H and O–H groups in total. The van der Waals surface area contributed by atoms with Gasteiger partial charge in [0.05, 0.1) is 0 Å². The second kappa shape index (κ2) is 2.73. The molecule has 0 amide bonds. The van der Waals surface area contributed by atoms with E-state index in [4.69, 9.17) is 10.2 Å². The van der Waals surface area contributed by atoms with Gasteiger partial charge in [-0.3, -0.25) is 0 Å². The average molecular weight is 199 g/mol. The van der Waals surface area contributed by atoms with E-state index in [1.807, 2.05) is 0 Å². The summed E-state index contributed by atoms with van der Waals surface area (Å²) < 4.78 is 34.2. The molecule has 0 atom stereocenters. The van der Waals surface area contributed by atoms with Crippen LogP contribution in [0.15, 0.2) is 0 Å². The van der Waals surface area contributed by atoms with Crippen molar-refractivity contribution in [2.24, 2.45) is 0 Å². The highest BCUT2D eigenvalue weighted by atomic mass is 35.5. The number of aliphatic hydroxyl groups is 2. The van der Waals surface area contributed by atoms with Gasteiger partial charge in [0, 0.05) is 0 Å². The Labute approximate surface area is 64.2 Å². The minimum atomic E-state index is -5.23. The standard InChI is InChI=1S/C3H3Cl2F3O2/c4-1(5)2(9,10)3(6,7)8/h1,9-10H. The Morgan fingerprint density at radius 2 is 1.40 bits per heavy atom. The fourth-order valence-corrected chi connectivity index (χ4v) is 0.371. The SMILES string of the molecule is OC(O)(C(Cl)Cl)C(F)(F)F. The van der Waals surface area contributed by atoms with Crippen molar-refractivity contribution in [2.75, 3.05) is 0 Å². The van der Waals surface area contributed by atoms with Crippen molar-refractivity contribution in [3.8, 4) is 0 Å². The molecule has 0 saturated carbocycles. The van der Waals surface area contributed by atoms with Crippen molar-refractivity contribution in [3.05, 3.63) is 0 Å². The Kier molecular flexibility index (Phi) is 2.81. The molecule has 0 aromatic rings. The quantitative estimate of drug-likeness (QED) is 0.489. The van der Waals surface area contributed by atoms with E-state index < -0.39 is 16.8 Å². The van der Waals surface area contributed by atoms with E-state index in [9.17, 15) is 13.2 Å². The van der Waals surface area contributed by atoms with Crippen LogP contribution in [-0.2, 0) is 0 Å². The largest absolute Gasteiger partial charge is 0.445 e.